The van der Waals surface area contributed by atoms with E-state index in [1.54, 1.807) is 0 Å². The van der Waals surface area contributed by atoms with Gasteiger partial charge in [-0.15, -0.1) is 0 Å². The predicted octanol–water partition coefficient (Wildman–Crippen LogP) is 4.35. The summed E-state index contributed by atoms with van der Waals surface area (Å²) >= 11 is 0. The maximum atomic E-state index is 4.52. The number of aromatic nitrogens is 2. The highest BCUT2D eigenvalue weighted by Crippen LogP contribution is 2.33. The molecule has 1 fully saturated rings. The number of fused-ring (bicyclic) bond motifs is 1. The molecule has 0 spiro atoms. The smallest absolute Gasteiger partial charge is 0.0709 e. The van der Waals surface area contributed by atoms with E-state index in [4.69, 9.17) is 0 Å². The Morgan fingerprint density at radius 2 is 2.14 bits per heavy atom. The third kappa shape index (κ3) is 3.46. The van der Waals surface area contributed by atoms with Crippen LogP contribution in [-0.4, -0.2) is 16.2 Å². The lowest BCUT2D eigenvalue weighted by Gasteiger charge is -2.27. The zero-order valence-electron chi connectivity index (χ0n) is 13.1. The first-order valence-corrected chi connectivity index (χ1v) is 8.54. The van der Waals surface area contributed by atoms with Crippen LogP contribution in [0.4, 0.5) is 0 Å². The quantitative estimate of drug-likeness (QED) is 0.855. The van der Waals surface area contributed by atoms with Gasteiger partial charge in [-0.05, 0) is 37.4 Å². The van der Waals surface area contributed by atoms with Crippen LogP contribution in [0.2, 0.25) is 0 Å². The first kappa shape index (κ1) is 14.6. The summed E-state index contributed by atoms with van der Waals surface area (Å²) in [5, 5.41) is 8.28. The van der Waals surface area contributed by atoms with Crippen LogP contribution in [0.25, 0.3) is 5.52 Å². The predicted molar refractivity (Wildman–Crippen MR) is 87.4 cm³/mol. The van der Waals surface area contributed by atoms with Gasteiger partial charge < -0.3 is 5.32 Å². The van der Waals surface area contributed by atoms with Crippen molar-refractivity contribution >= 4 is 5.52 Å². The lowest BCUT2D eigenvalue weighted by atomic mass is 9.83. The molecule has 1 atom stereocenters. The number of hydrogen-bond donors (Lipinski definition) is 1. The van der Waals surface area contributed by atoms with Crippen molar-refractivity contribution < 1.29 is 0 Å². The molecule has 1 aliphatic carbocycles. The molecule has 1 aliphatic rings. The third-order valence-corrected chi connectivity index (χ3v) is 4.77. The monoisotopic (exact) mass is 285 g/mol. The van der Waals surface area contributed by atoms with E-state index in [2.05, 4.69) is 35.7 Å². The highest BCUT2D eigenvalue weighted by atomic mass is 15.2. The molecule has 1 N–H and O–H groups in total. The average Bonchev–Trinajstić information content (AvgIpc) is 2.96. The number of nitrogens with zero attached hydrogens (tertiary/aromatic N) is 2. The molecule has 3 heteroatoms. The van der Waals surface area contributed by atoms with Crippen molar-refractivity contribution in [1.29, 1.82) is 0 Å². The minimum Gasteiger partial charge on any atom is -0.310 e. The van der Waals surface area contributed by atoms with Gasteiger partial charge >= 0.3 is 0 Å². The fourth-order valence-corrected chi connectivity index (χ4v) is 3.62. The van der Waals surface area contributed by atoms with Crippen LogP contribution < -0.4 is 5.32 Å². The highest BCUT2D eigenvalue weighted by molar-refractivity contribution is 5.54. The summed E-state index contributed by atoms with van der Waals surface area (Å²) in [5.74, 6) is 0.881. The largest absolute Gasteiger partial charge is 0.310 e. The maximum Gasteiger partial charge on any atom is 0.0709 e. The van der Waals surface area contributed by atoms with Crippen LogP contribution in [-0.2, 0) is 0 Å². The van der Waals surface area contributed by atoms with Crippen molar-refractivity contribution in [1.82, 2.24) is 14.9 Å². The number of pyridine rings is 1. The molecule has 3 rings (SSSR count). The van der Waals surface area contributed by atoms with Gasteiger partial charge in [0.05, 0.1) is 11.7 Å². The number of nitrogens with one attached hydrogen (secondary N) is 1. The fourth-order valence-electron chi connectivity index (χ4n) is 3.62. The standard InChI is InChI=1S/C18H27N3/c1-2-11-19-17(13-15-8-4-3-5-9-15)16-14-20-21-12-7-6-10-18(16)21/h6-7,10,12,14-15,17,19H,2-5,8-9,11,13H2,1H3. The van der Waals surface area contributed by atoms with Crippen molar-refractivity contribution in [3.63, 3.8) is 0 Å². The van der Waals surface area contributed by atoms with Gasteiger partial charge in [-0.2, -0.15) is 5.10 Å². The van der Waals surface area contributed by atoms with Crippen LogP contribution in [0.5, 0.6) is 0 Å². The van der Waals surface area contributed by atoms with E-state index in [1.807, 2.05) is 16.8 Å². The van der Waals surface area contributed by atoms with E-state index in [0.29, 0.717) is 6.04 Å². The molecule has 1 unspecified atom stereocenters. The van der Waals surface area contributed by atoms with Crippen molar-refractivity contribution in [3.05, 3.63) is 36.2 Å². The molecule has 3 nitrogen and oxygen atoms in total. The molecule has 2 aromatic heterocycles. The Bertz CT molecular complexity index is 554. The molecule has 21 heavy (non-hydrogen) atoms. The molecule has 0 saturated heterocycles. The van der Waals surface area contributed by atoms with Crippen LogP contribution in [0.1, 0.15) is 63.5 Å². The summed E-state index contributed by atoms with van der Waals surface area (Å²) in [6.07, 6.45) is 13.6. The second-order valence-corrected chi connectivity index (χ2v) is 6.38. The highest BCUT2D eigenvalue weighted by Gasteiger charge is 2.22. The van der Waals surface area contributed by atoms with Crippen LogP contribution >= 0.6 is 0 Å². The second kappa shape index (κ2) is 7.08. The Morgan fingerprint density at radius 1 is 1.29 bits per heavy atom. The first-order chi connectivity index (χ1) is 10.4. The number of hydrogen-bond acceptors (Lipinski definition) is 2. The van der Waals surface area contributed by atoms with Gasteiger partial charge in [0.25, 0.3) is 0 Å². The van der Waals surface area contributed by atoms with Crippen LogP contribution in [0, 0.1) is 5.92 Å². The van der Waals surface area contributed by atoms with Gasteiger partial charge in [0.1, 0.15) is 0 Å². The molecule has 0 aliphatic heterocycles. The summed E-state index contributed by atoms with van der Waals surface area (Å²) < 4.78 is 2.00. The van der Waals surface area contributed by atoms with E-state index in [0.717, 1.165) is 12.5 Å². The molecule has 1 saturated carbocycles. The molecule has 114 valence electrons. The van der Waals surface area contributed by atoms with E-state index >= 15 is 0 Å². The lowest BCUT2D eigenvalue weighted by Crippen LogP contribution is -2.25. The summed E-state index contributed by atoms with van der Waals surface area (Å²) in [6.45, 7) is 3.32. The molecule has 0 radical (unpaired) electrons. The zero-order valence-corrected chi connectivity index (χ0v) is 13.1. The minimum atomic E-state index is 0.452. The second-order valence-electron chi connectivity index (χ2n) is 6.38. The van der Waals surface area contributed by atoms with Crippen molar-refractivity contribution in [2.45, 2.75) is 57.9 Å². The molecule has 2 aromatic rings. The maximum absolute atomic E-state index is 4.52. The molecular formula is C18H27N3. The molecule has 0 aromatic carbocycles. The summed E-state index contributed by atoms with van der Waals surface area (Å²) in [6, 6.07) is 6.79. The van der Waals surface area contributed by atoms with Crippen molar-refractivity contribution in [2.24, 2.45) is 5.92 Å². The van der Waals surface area contributed by atoms with Crippen molar-refractivity contribution in [3.8, 4) is 0 Å². The molecule has 0 amide bonds. The van der Waals surface area contributed by atoms with Crippen LogP contribution in [0.15, 0.2) is 30.6 Å². The van der Waals surface area contributed by atoms with E-state index in [9.17, 15) is 0 Å². The van der Waals surface area contributed by atoms with Gasteiger partial charge in [0.15, 0.2) is 0 Å². The Balaban J connectivity index is 1.80. The van der Waals surface area contributed by atoms with Gasteiger partial charge in [-0.25, -0.2) is 4.52 Å². The van der Waals surface area contributed by atoms with E-state index in [1.165, 1.54) is 56.0 Å². The lowest BCUT2D eigenvalue weighted by molar-refractivity contribution is 0.300. The normalized spacial score (nSPS) is 18.1. The third-order valence-electron chi connectivity index (χ3n) is 4.77. The Labute approximate surface area is 127 Å². The topological polar surface area (TPSA) is 29.3 Å². The van der Waals surface area contributed by atoms with Gasteiger partial charge in [-0.3, -0.25) is 0 Å². The zero-order chi connectivity index (χ0) is 14.5. The fraction of sp³-hybridized carbons (Fsp3) is 0.611. The first-order valence-electron chi connectivity index (χ1n) is 8.54. The van der Waals surface area contributed by atoms with Gasteiger partial charge in [0, 0.05) is 17.8 Å². The van der Waals surface area contributed by atoms with E-state index < -0.39 is 0 Å². The average molecular weight is 285 g/mol. The Morgan fingerprint density at radius 3 is 2.95 bits per heavy atom. The summed E-state index contributed by atoms with van der Waals surface area (Å²) in [5.41, 5.74) is 2.62. The van der Waals surface area contributed by atoms with E-state index in [-0.39, 0.29) is 0 Å². The van der Waals surface area contributed by atoms with Crippen LogP contribution in [0.3, 0.4) is 0 Å². The molecular weight excluding hydrogens is 258 g/mol. The van der Waals surface area contributed by atoms with Gasteiger partial charge in [0.2, 0.25) is 0 Å². The Kier molecular flexibility index (Phi) is 4.91. The summed E-state index contributed by atoms with van der Waals surface area (Å²) in [7, 11) is 0. The Hall–Kier alpha value is -1.35. The number of rotatable bonds is 6. The molecule has 2 heterocycles. The summed E-state index contributed by atoms with van der Waals surface area (Å²) in [4.78, 5) is 0. The van der Waals surface area contributed by atoms with Crippen molar-refractivity contribution in [2.75, 3.05) is 6.54 Å². The van der Waals surface area contributed by atoms with Gasteiger partial charge in [-0.1, -0.05) is 45.1 Å². The molecule has 0 bridgehead atoms. The SMILES string of the molecule is CCCNC(CC1CCCCC1)c1cnn2ccccc12. The minimum absolute atomic E-state index is 0.452.